The van der Waals surface area contributed by atoms with Crippen LogP contribution in [-0.4, -0.2) is 35.5 Å². The molecule has 0 amide bonds. The lowest BCUT2D eigenvalue weighted by molar-refractivity contribution is -0.147. The highest BCUT2D eigenvalue weighted by atomic mass is 16.5. The number of allylic oxidation sites excluding steroid dienone is 2. The van der Waals surface area contributed by atoms with E-state index >= 15 is 0 Å². The molecule has 0 fully saturated rings. The fourth-order valence-corrected chi connectivity index (χ4v) is 2.12. The van der Waals surface area contributed by atoms with Gasteiger partial charge in [0.05, 0.1) is 6.61 Å². The quantitative estimate of drug-likeness (QED) is 0.274. The van der Waals surface area contributed by atoms with E-state index in [0.717, 1.165) is 25.7 Å². The van der Waals surface area contributed by atoms with E-state index in [4.69, 9.17) is 14.9 Å². The topological polar surface area (TPSA) is 66.8 Å². The van der Waals surface area contributed by atoms with E-state index < -0.39 is 6.10 Å². The van der Waals surface area contributed by atoms with Gasteiger partial charge in [0, 0.05) is 6.42 Å². The third kappa shape index (κ3) is 15.5. The predicted octanol–water partition coefficient (Wildman–Crippen LogP) is 3.75. The number of carbonyl (C=O) groups is 1. The molecule has 4 nitrogen and oxygen atoms in total. The molecule has 0 aromatic heterocycles. The molecule has 0 radical (unpaired) electrons. The van der Waals surface area contributed by atoms with Crippen molar-refractivity contribution in [1.82, 2.24) is 0 Å². The summed E-state index contributed by atoms with van der Waals surface area (Å²) in [5, 5.41) is 17.6. The van der Waals surface area contributed by atoms with Crippen LogP contribution in [0.3, 0.4) is 0 Å². The minimum Gasteiger partial charge on any atom is -0.463 e. The standard InChI is InChI=1S/C18H34O4/c1-2-3-4-5-6-7-8-9-10-11-12-13-14-18(21)22-16-17(20)15-19/h8-9,17,19-20H,2-7,10-16H2,1H3/b9-8-. The number of hydrogen-bond donors (Lipinski definition) is 2. The molecule has 0 bridgehead atoms. The largest absolute Gasteiger partial charge is 0.463 e. The summed E-state index contributed by atoms with van der Waals surface area (Å²) in [6.07, 6.45) is 15.8. The van der Waals surface area contributed by atoms with Gasteiger partial charge >= 0.3 is 5.97 Å². The summed E-state index contributed by atoms with van der Waals surface area (Å²) >= 11 is 0. The lowest BCUT2D eigenvalue weighted by Crippen LogP contribution is -2.21. The Morgan fingerprint density at radius 3 is 2.18 bits per heavy atom. The van der Waals surface area contributed by atoms with Crippen LogP contribution < -0.4 is 0 Å². The van der Waals surface area contributed by atoms with Crippen molar-refractivity contribution in [2.75, 3.05) is 13.2 Å². The summed E-state index contributed by atoms with van der Waals surface area (Å²) in [6, 6.07) is 0. The maximum absolute atomic E-state index is 11.3. The van der Waals surface area contributed by atoms with Crippen molar-refractivity contribution >= 4 is 5.97 Å². The number of rotatable bonds is 15. The average molecular weight is 314 g/mol. The Bertz CT molecular complexity index is 276. The summed E-state index contributed by atoms with van der Waals surface area (Å²) in [4.78, 5) is 11.3. The van der Waals surface area contributed by atoms with E-state index in [1.165, 1.54) is 38.5 Å². The Labute approximate surface area is 135 Å². The Hall–Kier alpha value is -0.870. The zero-order valence-electron chi connectivity index (χ0n) is 14.1. The molecule has 0 saturated carbocycles. The molecule has 0 aliphatic rings. The van der Waals surface area contributed by atoms with Crippen LogP contribution in [0.1, 0.15) is 77.6 Å². The van der Waals surface area contributed by atoms with E-state index in [1.807, 2.05) is 0 Å². The van der Waals surface area contributed by atoms with Crippen LogP contribution in [-0.2, 0) is 9.53 Å². The fraction of sp³-hybridized carbons (Fsp3) is 0.833. The SMILES string of the molecule is CCCCCCC/C=C\CCCCCC(=O)OCC(O)CO. The van der Waals surface area contributed by atoms with Gasteiger partial charge in [-0.2, -0.15) is 0 Å². The molecule has 1 unspecified atom stereocenters. The van der Waals surface area contributed by atoms with Crippen LogP contribution in [0.25, 0.3) is 0 Å². The Morgan fingerprint density at radius 2 is 1.59 bits per heavy atom. The van der Waals surface area contributed by atoms with E-state index in [-0.39, 0.29) is 19.2 Å². The van der Waals surface area contributed by atoms with Gasteiger partial charge < -0.3 is 14.9 Å². The lowest BCUT2D eigenvalue weighted by Gasteiger charge is -2.08. The van der Waals surface area contributed by atoms with Crippen LogP contribution >= 0.6 is 0 Å². The van der Waals surface area contributed by atoms with E-state index in [0.29, 0.717) is 6.42 Å². The van der Waals surface area contributed by atoms with Gasteiger partial charge in [0.2, 0.25) is 0 Å². The first kappa shape index (κ1) is 21.1. The second-order valence-electron chi connectivity index (χ2n) is 5.79. The van der Waals surface area contributed by atoms with Crippen molar-refractivity contribution in [3.63, 3.8) is 0 Å². The molecule has 0 saturated heterocycles. The molecule has 0 spiro atoms. The van der Waals surface area contributed by atoms with Gasteiger partial charge in [-0.15, -0.1) is 0 Å². The van der Waals surface area contributed by atoms with Crippen molar-refractivity contribution < 1.29 is 19.7 Å². The molecule has 0 aliphatic heterocycles. The van der Waals surface area contributed by atoms with E-state index in [1.54, 1.807) is 0 Å². The highest BCUT2D eigenvalue weighted by molar-refractivity contribution is 5.69. The highest BCUT2D eigenvalue weighted by Crippen LogP contribution is 2.08. The van der Waals surface area contributed by atoms with Crippen molar-refractivity contribution in [3.8, 4) is 0 Å². The number of ether oxygens (including phenoxy) is 1. The molecule has 1 atom stereocenters. The third-order valence-electron chi connectivity index (χ3n) is 3.54. The summed E-state index contributed by atoms with van der Waals surface area (Å²) in [5.41, 5.74) is 0. The lowest BCUT2D eigenvalue weighted by atomic mass is 10.1. The monoisotopic (exact) mass is 314 g/mol. The summed E-state index contributed by atoms with van der Waals surface area (Å²) < 4.78 is 4.83. The molecule has 0 aromatic rings. The first-order valence-corrected chi connectivity index (χ1v) is 8.80. The number of unbranched alkanes of at least 4 members (excludes halogenated alkanes) is 8. The zero-order chi connectivity index (χ0) is 16.5. The molecule has 22 heavy (non-hydrogen) atoms. The minimum atomic E-state index is -0.962. The molecule has 0 aromatic carbocycles. The normalized spacial score (nSPS) is 12.7. The second-order valence-corrected chi connectivity index (χ2v) is 5.79. The number of esters is 1. The molecule has 2 N–H and O–H groups in total. The molecule has 4 heteroatoms. The predicted molar refractivity (Wildman–Crippen MR) is 89.7 cm³/mol. The highest BCUT2D eigenvalue weighted by Gasteiger charge is 2.07. The van der Waals surface area contributed by atoms with Crippen LogP contribution in [0.2, 0.25) is 0 Å². The molecule has 0 aliphatic carbocycles. The molecular formula is C18H34O4. The number of hydrogen-bond acceptors (Lipinski definition) is 4. The van der Waals surface area contributed by atoms with Gasteiger partial charge in [-0.05, 0) is 32.1 Å². The van der Waals surface area contributed by atoms with Gasteiger partial charge in [0.15, 0.2) is 0 Å². The van der Waals surface area contributed by atoms with Crippen molar-refractivity contribution in [1.29, 1.82) is 0 Å². The van der Waals surface area contributed by atoms with E-state index in [2.05, 4.69) is 19.1 Å². The number of aliphatic hydroxyl groups is 2. The van der Waals surface area contributed by atoms with Crippen LogP contribution in [0.15, 0.2) is 12.2 Å². The van der Waals surface area contributed by atoms with Crippen LogP contribution in [0.5, 0.6) is 0 Å². The first-order valence-electron chi connectivity index (χ1n) is 8.80. The summed E-state index contributed by atoms with van der Waals surface area (Å²) in [6.45, 7) is 1.74. The maximum atomic E-state index is 11.3. The maximum Gasteiger partial charge on any atom is 0.305 e. The summed E-state index contributed by atoms with van der Waals surface area (Å²) in [7, 11) is 0. The Morgan fingerprint density at radius 1 is 1.00 bits per heavy atom. The van der Waals surface area contributed by atoms with Gasteiger partial charge in [-0.25, -0.2) is 0 Å². The molecular weight excluding hydrogens is 280 g/mol. The smallest absolute Gasteiger partial charge is 0.305 e. The first-order chi connectivity index (χ1) is 10.7. The number of carbonyl (C=O) groups excluding carboxylic acids is 1. The van der Waals surface area contributed by atoms with Crippen molar-refractivity contribution in [2.24, 2.45) is 0 Å². The van der Waals surface area contributed by atoms with Gasteiger partial charge in [-0.1, -0.05) is 51.2 Å². The minimum absolute atomic E-state index is 0.115. The molecule has 130 valence electrons. The summed E-state index contributed by atoms with van der Waals surface area (Å²) in [5.74, 6) is -0.296. The third-order valence-corrected chi connectivity index (χ3v) is 3.54. The zero-order valence-corrected chi connectivity index (χ0v) is 14.1. The second kappa shape index (κ2) is 16.5. The fourth-order valence-electron chi connectivity index (χ4n) is 2.12. The van der Waals surface area contributed by atoms with Gasteiger partial charge in [0.25, 0.3) is 0 Å². The van der Waals surface area contributed by atoms with Gasteiger partial charge in [0.1, 0.15) is 12.7 Å². The Kier molecular flexibility index (Phi) is 15.8. The Balaban J connectivity index is 3.26. The van der Waals surface area contributed by atoms with Crippen molar-refractivity contribution in [2.45, 2.75) is 83.7 Å². The number of aliphatic hydroxyl groups excluding tert-OH is 2. The van der Waals surface area contributed by atoms with Gasteiger partial charge in [-0.3, -0.25) is 4.79 Å². The van der Waals surface area contributed by atoms with Crippen LogP contribution in [0, 0.1) is 0 Å². The molecule has 0 rings (SSSR count). The van der Waals surface area contributed by atoms with Crippen molar-refractivity contribution in [3.05, 3.63) is 12.2 Å². The average Bonchev–Trinajstić information content (AvgIpc) is 2.53. The van der Waals surface area contributed by atoms with Crippen LogP contribution in [0.4, 0.5) is 0 Å². The molecule has 0 heterocycles. The van der Waals surface area contributed by atoms with E-state index in [9.17, 15) is 4.79 Å².